The molecule has 1 atom stereocenters. The molecule has 1 saturated heterocycles. The molecule has 0 bridgehead atoms. The number of hydrogen-bond donors (Lipinski definition) is 1. The Morgan fingerprint density at radius 2 is 2.20 bits per heavy atom. The minimum absolute atomic E-state index is 0.439. The van der Waals surface area contributed by atoms with Gasteiger partial charge < -0.3 is 20.3 Å². The maximum atomic E-state index is 5.86. The van der Waals surface area contributed by atoms with Crippen molar-refractivity contribution >= 4 is 22.9 Å². The molecule has 1 aromatic rings. The first-order chi connectivity index (χ1) is 9.52. The molecule has 1 heterocycles. The van der Waals surface area contributed by atoms with Crippen LogP contribution in [0, 0.1) is 0 Å². The average molecular weight is 293 g/mol. The number of nitrogens with zero attached hydrogens (tertiary/aromatic N) is 2. The first-order valence-electron chi connectivity index (χ1n) is 6.92. The van der Waals surface area contributed by atoms with Crippen molar-refractivity contribution in [1.82, 2.24) is 4.90 Å². The lowest BCUT2D eigenvalue weighted by Crippen LogP contribution is -2.45. The van der Waals surface area contributed by atoms with Crippen LogP contribution in [0.4, 0.5) is 5.69 Å². The molecule has 1 unspecified atom stereocenters. The number of rotatable bonds is 4. The smallest absolute Gasteiger partial charge is 0.120 e. The molecule has 1 aromatic carbocycles. The largest absolute Gasteiger partial charge is 0.497 e. The molecule has 5 heteroatoms. The quantitative estimate of drug-likeness (QED) is 0.858. The van der Waals surface area contributed by atoms with Crippen LogP contribution < -0.4 is 15.4 Å². The highest BCUT2D eigenvalue weighted by molar-refractivity contribution is 7.80. The molecule has 0 spiro atoms. The van der Waals surface area contributed by atoms with Gasteiger partial charge in [0.05, 0.1) is 12.8 Å². The summed E-state index contributed by atoms with van der Waals surface area (Å²) in [5.74, 6) is 0.840. The number of anilines is 1. The van der Waals surface area contributed by atoms with Crippen LogP contribution >= 0.6 is 12.2 Å². The van der Waals surface area contributed by atoms with Gasteiger partial charge in [-0.2, -0.15) is 0 Å². The van der Waals surface area contributed by atoms with Gasteiger partial charge in [0.2, 0.25) is 0 Å². The van der Waals surface area contributed by atoms with Gasteiger partial charge in [-0.15, -0.1) is 0 Å². The van der Waals surface area contributed by atoms with Gasteiger partial charge in [0.25, 0.3) is 0 Å². The van der Waals surface area contributed by atoms with Crippen molar-refractivity contribution < 1.29 is 4.74 Å². The second-order valence-electron chi connectivity index (χ2n) is 5.45. The van der Waals surface area contributed by atoms with Crippen LogP contribution in [-0.2, 0) is 0 Å². The van der Waals surface area contributed by atoms with Crippen LogP contribution in [0.2, 0.25) is 0 Å². The Morgan fingerprint density at radius 3 is 2.80 bits per heavy atom. The van der Waals surface area contributed by atoms with Gasteiger partial charge in [-0.05, 0) is 39.1 Å². The minimum Gasteiger partial charge on any atom is -0.497 e. The van der Waals surface area contributed by atoms with Crippen molar-refractivity contribution in [1.29, 1.82) is 0 Å². The number of benzene rings is 1. The Labute approximate surface area is 126 Å². The van der Waals surface area contributed by atoms with Crippen LogP contribution in [0.25, 0.3) is 0 Å². The molecule has 0 aromatic heterocycles. The zero-order valence-corrected chi connectivity index (χ0v) is 13.2. The third kappa shape index (κ3) is 3.22. The highest BCUT2D eigenvalue weighted by Gasteiger charge is 2.23. The lowest BCUT2D eigenvalue weighted by molar-refractivity contribution is 0.258. The van der Waals surface area contributed by atoms with E-state index in [-0.39, 0.29) is 0 Å². The van der Waals surface area contributed by atoms with E-state index in [9.17, 15) is 0 Å². The molecule has 0 aliphatic carbocycles. The molecule has 0 radical (unpaired) electrons. The Kier molecular flexibility index (Phi) is 4.83. The molecular formula is C15H23N3OS. The first kappa shape index (κ1) is 15.1. The summed E-state index contributed by atoms with van der Waals surface area (Å²) in [4.78, 5) is 5.09. The second kappa shape index (κ2) is 6.41. The minimum atomic E-state index is 0.439. The van der Waals surface area contributed by atoms with Crippen LogP contribution in [0.3, 0.4) is 0 Å². The SMILES string of the molecule is COc1ccc(C(N)=S)c(N2CCCC(N(C)C)C2)c1. The second-order valence-corrected chi connectivity index (χ2v) is 5.89. The number of thiocarbonyl (C=S) groups is 1. The van der Waals surface area contributed by atoms with Crippen LogP contribution in [0.1, 0.15) is 18.4 Å². The lowest BCUT2D eigenvalue weighted by atomic mass is 10.0. The Hall–Kier alpha value is -1.33. The monoisotopic (exact) mass is 293 g/mol. The molecule has 4 nitrogen and oxygen atoms in total. The van der Waals surface area contributed by atoms with Gasteiger partial charge >= 0.3 is 0 Å². The van der Waals surface area contributed by atoms with Gasteiger partial charge in [0, 0.05) is 30.8 Å². The van der Waals surface area contributed by atoms with Gasteiger partial charge in [-0.1, -0.05) is 12.2 Å². The number of ether oxygens (including phenoxy) is 1. The Morgan fingerprint density at radius 1 is 1.45 bits per heavy atom. The Bertz CT molecular complexity index is 490. The van der Waals surface area contributed by atoms with Crippen molar-refractivity contribution in [3.8, 4) is 5.75 Å². The summed E-state index contributed by atoms with van der Waals surface area (Å²) in [6.07, 6.45) is 2.41. The fraction of sp³-hybridized carbons (Fsp3) is 0.533. The summed E-state index contributed by atoms with van der Waals surface area (Å²) in [6.45, 7) is 2.03. The Balaban J connectivity index is 2.32. The summed E-state index contributed by atoms with van der Waals surface area (Å²) >= 11 is 5.18. The lowest BCUT2D eigenvalue weighted by Gasteiger charge is -2.38. The van der Waals surface area contributed by atoms with Crippen LogP contribution in [0.5, 0.6) is 5.75 Å². The number of piperidine rings is 1. The van der Waals surface area contributed by atoms with Crippen molar-refractivity contribution in [3.05, 3.63) is 23.8 Å². The van der Waals surface area contributed by atoms with E-state index in [2.05, 4.69) is 23.9 Å². The predicted octanol–water partition coefficient (Wildman–Crippen LogP) is 1.86. The van der Waals surface area contributed by atoms with E-state index in [1.165, 1.54) is 12.8 Å². The molecule has 1 fully saturated rings. The number of nitrogens with two attached hydrogens (primary N) is 1. The van der Waals surface area contributed by atoms with Crippen molar-refractivity contribution in [2.45, 2.75) is 18.9 Å². The van der Waals surface area contributed by atoms with E-state index in [1.807, 2.05) is 18.2 Å². The summed E-state index contributed by atoms with van der Waals surface area (Å²) in [6, 6.07) is 6.46. The summed E-state index contributed by atoms with van der Waals surface area (Å²) in [7, 11) is 5.95. The number of hydrogen-bond acceptors (Lipinski definition) is 4. The van der Waals surface area contributed by atoms with E-state index in [1.54, 1.807) is 7.11 Å². The molecule has 110 valence electrons. The van der Waals surface area contributed by atoms with E-state index < -0.39 is 0 Å². The molecule has 2 rings (SSSR count). The summed E-state index contributed by atoms with van der Waals surface area (Å²) < 4.78 is 5.33. The topological polar surface area (TPSA) is 41.7 Å². The third-order valence-corrected chi connectivity index (χ3v) is 4.16. The fourth-order valence-corrected chi connectivity index (χ4v) is 2.88. The van der Waals surface area contributed by atoms with Gasteiger partial charge in [-0.25, -0.2) is 0 Å². The molecule has 0 amide bonds. The third-order valence-electron chi connectivity index (χ3n) is 3.94. The van der Waals surface area contributed by atoms with Crippen molar-refractivity contribution in [2.75, 3.05) is 39.2 Å². The maximum absolute atomic E-state index is 5.86. The zero-order valence-electron chi connectivity index (χ0n) is 12.4. The zero-order chi connectivity index (χ0) is 14.7. The van der Waals surface area contributed by atoms with E-state index in [0.29, 0.717) is 11.0 Å². The van der Waals surface area contributed by atoms with Crippen molar-refractivity contribution in [2.24, 2.45) is 5.73 Å². The first-order valence-corrected chi connectivity index (χ1v) is 7.33. The van der Waals surface area contributed by atoms with Gasteiger partial charge in [0.1, 0.15) is 10.7 Å². The normalized spacial score (nSPS) is 19.2. The molecule has 20 heavy (non-hydrogen) atoms. The van der Waals surface area contributed by atoms with Gasteiger partial charge in [0.15, 0.2) is 0 Å². The standard InChI is InChI=1S/C15H23N3OS/c1-17(2)11-5-4-8-18(10-11)14-9-12(19-3)6-7-13(14)15(16)20/h6-7,9,11H,4-5,8,10H2,1-3H3,(H2,16,20). The summed E-state index contributed by atoms with van der Waals surface area (Å²) in [5, 5.41) is 0. The highest BCUT2D eigenvalue weighted by Crippen LogP contribution is 2.29. The maximum Gasteiger partial charge on any atom is 0.120 e. The molecule has 2 N–H and O–H groups in total. The predicted molar refractivity (Wildman–Crippen MR) is 87.8 cm³/mol. The van der Waals surface area contributed by atoms with Crippen molar-refractivity contribution in [3.63, 3.8) is 0 Å². The highest BCUT2D eigenvalue weighted by atomic mass is 32.1. The number of methoxy groups -OCH3 is 1. The number of likely N-dealkylation sites (N-methyl/N-ethyl adjacent to an activating group) is 1. The fourth-order valence-electron chi connectivity index (χ4n) is 2.70. The average Bonchev–Trinajstić information content (AvgIpc) is 2.46. The molecule has 1 aliphatic rings. The van der Waals surface area contributed by atoms with Gasteiger partial charge in [-0.3, -0.25) is 0 Å². The van der Waals surface area contributed by atoms with Crippen LogP contribution in [-0.4, -0.2) is 50.2 Å². The van der Waals surface area contributed by atoms with E-state index in [0.717, 1.165) is 30.1 Å². The molecule has 1 aliphatic heterocycles. The summed E-state index contributed by atoms with van der Waals surface area (Å²) in [5.41, 5.74) is 7.88. The molecule has 0 saturated carbocycles. The van der Waals surface area contributed by atoms with Crippen LogP contribution in [0.15, 0.2) is 18.2 Å². The molecular weight excluding hydrogens is 270 g/mol. The van der Waals surface area contributed by atoms with E-state index >= 15 is 0 Å². The van der Waals surface area contributed by atoms with E-state index in [4.69, 9.17) is 22.7 Å².